The van der Waals surface area contributed by atoms with E-state index in [4.69, 9.17) is 5.73 Å². The van der Waals surface area contributed by atoms with E-state index in [2.05, 4.69) is 20.8 Å². The van der Waals surface area contributed by atoms with Gasteiger partial charge in [-0.05, 0) is 47.0 Å². The fourth-order valence-electron chi connectivity index (χ4n) is 1.73. The Morgan fingerprint density at radius 2 is 1.92 bits per heavy atom. The van der Waals surface area contributed by atoms with Crippen molar-refractivity contribution >= 4 is 27.3 Å². The zero-order valence-electron chi connectivity index (χ0n) is 7.46. The predicted molar refractivity (Wildman–Crippen MR) is 60.0 cm³/mol. The van der Waals surface area contributed by atoms with Gasteiger partial charge in [0, 0.05) is 23.2 Å². The van der Waals surface area contributed by atoms with Crippen molar-refractivity contribution in [3.63, 3.8) is 0 Å². The van der Waals surface area contributed by atoms with E-state index in [0.717, 1.165) is 23.2 Å². The van der Waals surface area contributed by atoms with Crippen LogP contribution in [0.25, 0.3) is 0 Å². The Balaban J connectivity index is 2.32. The topological polar surface area (TPSA) is 29.3 Å². The van der Waals surface area contributed by atoms with Crippen LogP contribution in [-0.2, 0) is 0 Å². The Bertz CT molecular complexity index is 306. The van der Waals surface area contributed by atoms with Crippen molar-refractivity contribution < 1.29 is 0 Å². The lowest BCUT2D eigenvalue weighted by Gasteiger charge is -2.19. The maximum Gasteiger partial charge on any atom is 0.0531 e. The third kappa shape index (κ3) is 1.80. The molecule has 3 heteroatoms. The highest BCUT2D eigenvalue weighted by atomic mass is 79.9. The van der Waals surface area contributed by atoms with E-state index in [1.807, 2.05) is 18.2 Å². The maximum atomic E-state index is 5.75. The lowest BCUT2D eigenvalue weighted by Crippen LogP contribution is -2.18. The van der Waals surface area contributed by atoms with Gasteiger partial charge in [-0.3, -0.25) is 0 Å². The zero-order valence-corrected chi connectivity index (χ0v) is 9.05. The summed E-state index contributed by atoms with van der Waals surface area (Å²) < 4.78 is 1.14. The molecular formula is C10H13BrN2. The first-order chi connectivity index (χ1) is 6.27. The van der Waals surface area contributed by atoms with Crippen LogP contribution in [0.3, 0.4) is 0 Å². The molecule has 2 nitrogen and oxygen atoms in total. The predicted octanol–water partition coefficient (Wildman–Crippen LogP) is 2.63. The van der Waals surface area contributed by atoms with Crippen molar-refractivity contribution in [1.29, 1.82) is 0 Å². The maximum absolute atomic E-state index is 5.75. The normalized spacial score (nSPS) is 16.5. The molecular weight excluding hydrogens is 228 g/mol. The van der Waals surface area contributed by atoms with Crippen LogP contribution >= 0.6 is 15.9 Å². The first-order valence-corrected chi connectivity index (χ1v) is 5.36. The van der Waals surface area contributed by atoms with Gasteiger partial charge in [0.2, 0.25) is 0 Å². The summed E-state index contributed by atoms with van der Waals surface area (Å²) in [5, 5.41) is 0. The van der Waals surface area contributed by atoms with E-state index in [1.54, 1.807) is 0 Å². The molecule has 2 N–H and O–H groups in total. The minimum Gasteiger partial charge on any atom is -0.399 e. The Morgan fingerprint density at radius 3 is 2.62 bits per heavy atom. The van der Waals surface area contributed by atoms with Gasteiger partial charge in [-0.1, -0.05) is 0 Å². The molecule has 0 amide bonds. The molecule has 0 aliphatic carbocycles. The molecule has 0 spiro atoms. The third-order valence-electron chi connectivity index (χ3n) is 2.42. The van der Waals surface area contributed by atoms with Gasteiger partial charge in [0.25, 0.3) is 0 Å². The van der Waals surface area contributed by atoms with Crippen LogP contribution in [0.1, 0.15) is 12.8 Å². The zero-order chi connectivity index (χ0) is 9.26. The van der Waals surface area contributed by atoms with E-state index in [1.165, 1.54) is 18.5 Å². The number of anilines is 2. The molecule has 1 aliphatic heterocycles. The summed E-state index contributed by atoms with van der Waals surface area (Å²) in [7, 11) is 0. The summed E-state index contributed by atoms with van der Waals surface area (Å²) in [6, 6.07) is 5.97. The number of nitrogen functional groups attached to an aromatic ring is 1. The minimum absolute atomic E-state index is 0.838. The summed E-state index contributed by atoms with van der Waals surface area (Å²) in [6.07, 6.45) is 2.59. The molecule has 1 saturated heterocycles. The molecule has 2 rings (SSSR count). The van der Waals surface area contributed by atoms with Gasteiger partial charge in [-0.15, -0.1) is 0 Å². The highest BCUT2D eigenvalue weighted by Crippen LogP contribution is 2.30. The fraction of sp³-hybridized carbons (Fsp3) is 0.400. The summed E-state index contributed by atoms with van der Waals surface area (Å²) in [5.74, 6) is 0. The van der Waals surface area contributed by atoms with Gasteiger partial charge in [0.05, 0.1) is 5.69 Å². The summed E-state index contributed by atoms with van der Waals surface area (Å²) in [4.78, 5) is 2.38. The number of hydrogen-bond donors (Lipinski definition) is 1. The van der Waals surface area contributed by atoms with Gasteiger partial charge >= 0.3 is 0 Å². The number of nitrogens with zero attached hydrogens (tertiary/aromatic N) is 1. The highest BCUT2D eigenvalue weighted by molar-refractivity contribution is 9.10. The van der Waals surface area contributed by atoms with Crippen LogP contribution < -0.4 is 10.6 Å². The summed E-state index contributed by atoms with van der Waals surface area (Å²) in [6.45, 7) is 2.31. The van der Waals surface area contributed by atoms with E-state index >= 15 is 0 Å². The number of halogens is 1. The molecule has 1 heterocycles. The van der Waals surface area contributed by atoms with Crippen molar-refractivity contribution in [1.82, 2.24) is 0 Å². The molecule has 1 fully saturated rings. The monoisotopic (exact) mass is 240 g/mol. The lowest BCUT2D eigenvalue weighted by molar-refractivity contribution is 0.949. The van der Waals surface area contributed by atoms with Gasteiger partial charge < -0.3 is 10.6 Å². The van der Waals surface area contributed by atoms with Gasteiger partial charge in [0.15, 0.2) is 0 Å². The minimum atomic E-state index is 0.838. The average molecular weight is 241 g/mol. The van der Waals surface area contributed by atoms with Crippen molar-refractivity contribution in [2.45, 2.75) is 12.8 Å². The Morgan fingerprint density at radius 1 is 1.23 bits per heavy atom. The van der Waals surface area contributed by atoms with E-state index in [9.17, 15) is 0 Å². The van der Waals surface area contributed by atoms with Crippen LogP contribution in [0.4, 0.5) is 11.4 Å². The van der Waals surface area contributed by atoms with Gasteiger partial charge in [-0.25, -0.2) is 0 Å². The molecule has 0 bridgehead atoms. The van der Waals surface area contributed by atoms with E-state index in [-0.39, 0.29) is 0 Å². The number of nitrogens with two attached hydrogens (primary N) is 1. The van der Waals surface area contributed by atoms with Crippen molar-refractivity contribution in [2.75, 3.05) is 23.7 Å². The van der Waals surface area contributed by atoms with Crippen LogP contribution in [0.5, 0.6) is 0 Å². The molecule has 13 heavy (non-hydrogen) atoms. The summed E-state index contributed by atoms with van der Waals surface area (Å²) >= 11 is 3.54. The summed E-state index contributed by atoms with van der Waals surface area (Å²) in [5.41, 5.74) is 7.82. The second kappa shape index (κ2) is 3.58. The molecule has 0 unspecified atom stereocenters. The van der Waals surface area contributed by atoms with E-state index in [0.29, 0.717) is 0 Å². The highest BCUT2D eigenvalue weighted by Gasteiger charge is 2.14. The van der Waals surface area contributed by atoms with Crippen molar-refractivity contribution in [3.05, 3.63) is 22.7 Å². The fourth-order valence-corrected chi connectivity index (χ4v) is 2.23. The second-order valence-corrected chi connectivity index (χ2v) is 4.26. The Hall–Kier alpha value is -0.700. The third-order valence-corrected chi connectivity index (χ3v) is 3.09. The first kappa shape index (κ1) is 8.88. The van der Waals surface area contributed by atoms with Crippen LogP contribution in [0.2, 0.25) is 0 Å². The Kier molecular flexibility index (Phi) is 2.44. The van der Waals surface area contributed by atoms with E-state index < -0.39 is 0 Å². The van der Waals surface area contributed by atoms with Crippen LogP contribution in [0.15, 0.2) is 22.7 Å². The van der Waals surface area contributed by atoms with Crippen molar-refractivity contribution in [2.24, 2.45) is 0 Å². The lowest BCUT2D eigenvalue weighted by atomic mass is 10.2. The van der Waals surface area contributed by atoms with Gasteiger partial charge in [-0.2, -0.15) is 0 Å². The van der Waals surface area contributed by atoms with Crippen molar-refractivity contribution in [3.8, 4) is 0 Å². The Labute approximate surface area is 86.9 Å². The number of benzene rings is 1. The molecule has 0 aromatic heterocycles. The standard InChI is InChI=1S/C10H13BrN2/c11-9-4-3-8(12)7-10(9)13-5-1-2-6-13/h3-4,7H,1-2,5-6,12H2. The first-order valence-electron chi connectivity index (χ1n) is 4.57. The largest absolute Gasteiger partial charge is 0.399 e. The van der Waals surface area contributed by atoms with Gasteiger partial charge in [0.1, 0.15) is 0 Å². The smallest absolute Gasteiger partial charge is 0.0531 e. The number of rotatable bonds is 1. The molecule has 0 saturated carbocycles. The quantitative estimate of drug-likeness (QED) is 0.766. The molecule has 1 aromatic carbocycles. The molecule has 0 atom stereocenters. The molecule has 1 aliphatic rings. The van der Waals surface area contributed by atoms with Crippen LogP contribution in [0, 0.1) is 0 Å². The molecule has 0 radical (unpaired) electrons. The molecule has 70 valence electrons. The SMILES string of the molecule is Nc1ccc(Br)c(N2CCCC2)c1. The van der Waals surface area contributed by atoms with Crippen LogP contribution in [-0.4, -0.2) is 13.1 Å². The molecule has 1 aromatic rings. The number of hydrogen-bond acceptors (Lipinski definition) is 2. The average Bonchev–Trinajstić information content (AvgIpc) is 2.61. The second-order valence-electron chi connectivity index (χ2n) is 3.41.